The van der Waals surface area contributed by atoms with Crippen LogP contribution in [0.25, 0.3) is 11.0 Å². The average Bonchev–Trinajstić information content (AvgIpc) is 3.56. The highest BCUT2D eigenvalue weighted by atomic mass is 127. The summed E-state index contributed by atoms with van der Waals surface area (Å²) < 4.78 is 76.5. The van der Waals surface area contributed by atoms with Crippen molar-refractivity contribution >= 4 is 76.7 Å². The standard InChI is InChI=1S/C33H45ClIN5O9S2/c1-2-51(44,45)38-11-7-33(8-12-38)27-6-9-36-23-30(27)40(32(33)41)24-31-37-28-22-26(34)4-5-29(28)39(31)10-3-20-50(42,43)21-19-48-16-15-46-13-14-47-17-18-49-25-35/h4-6,9,22-23H,2-3,7-8,10-21,24-25H2,1H3. The number of aromatic nitrogens is 3. The van der Waals surface area contributed by atoms with Crippen LogP contribution in [0.2, 0.25) is 5.02 Å². The van der Waals surface area contributed by atoms with Crippen molar-refractivity contribution in [3.63, 3.8) is 0 Å². The Morgan fingerprint density at radius 1 is 0.922 bits per heavy atom. The number of anilines is 1. The van der Waals surface area contributed by atoms with E-state index in [9.17, 15) is 21.6 Å². The van der Waals surface area contributed by atoms with Gasteiger partial charge in [0.2, 0.25) is 15.9 Å². The number of nitrogens with zero attached hydrogens (tertiary/aromatic N) is 5. The van der Waals surface area contributed by atoms with Crippen molar-refractivity contribution in [3.8, 4) is 0 Å². The molecule has 0 radical (unpaired) electrons. The first kappa shape index (κ1) is 40.2. The lowest BCUT2D eigenvalue weighted by Crippen LogP contribution is -2.50. The van der Waals surface area contributed by atoms with Crippen LogP contribution < -0.4 is 4.90 Å². The molecule has 0 unspecified atom stereocenters. The minimum atomic E-state index is -3.40. The van der Waals surface area contributed by atoms with Crippen molar-refractivity contribution in [2.24, 2.45) is 0 Å². The van der Waals surface area contributed by atoms with Gasteiger partial charge in [-0.3, -0.25) is 9.78 Å². The normalized spacial score (nSPS) is 16.5. The number of pyridine rings is 1. The number of sulfone groups is 1. The van der Waals surface area contributed by atoms with Gasteiger partial charge in [-0.25, -0.2) is 26.1 Å². The smallest absolute Gasteiger partial charge is 0.238 e. The third-order valence-electron chi connectivity index (χ3n) is 9.25. The molecule has 5 rings (SSSR count). The van der Waals surface area contributed by atoms with Crippen molar-refractivity contribution in [2.45, 2.75) is 44.7 Å². The summed E-state index contributed by atoms with van der Waals surface area (Å²) in [5.74, 6) is 0.324. The predicted molar refractivity (Wildman–Crippen MR) is 203 cm³/mol. The van der Waals surface area contributed by atoms with Crippen molar-refractivity contribution in [3.05, 3.63) is 53.1 Å². The van der Waals surface area contributed by atoms with E-state index in [1.807, 2.05) is 16.7 Å². The molecule has 51 heavy (non-hydrogen) atoms. The van der Waals surface area contributed by atoms with Crippen LogP contribution in [0.4, 0.5) is 5.69 Å². The molecule has 282 valence electrons. The molecule has 2 aliphatic rings. The van der Waals surface area contributed by atoms with Crippen LogP contribution in [0.5, 0.6) is 0 Å². The molecular weight excluding hydrogens is 837 g/mol. The molecule has 0 saturated carbocycles. The number of hydrogen-bond acceptors (Lipinski definition) is 11. The van der Waals surface area contributed by atoms with E-state index in [2.05, 4.69) is 27.6 Å². The molecular formula is C33H45ClIN5O9S2. The number of carbonyl (C=O) groups excluding carboxylic acids is 1. The number of imidazole rings is 1. The van der Waals surface area contributed by atoms with E-state index in [4.69, 9.17) is 35.5 Å². The number of aryl methyl sites for hydroxylation is 1. The zero-order chi connectivity index (χ0) is 36.5. The predicted octanol–water partition coefficient (Wildman–Crippen LogP) is 3.58. The van der Waals surface area contributed by atoms with Gasteiger partial charge in [0, 0.05) is 30.9 Å². The van der Waals surface area contributed by atoms with E-state index < -0.39 is 25.3 Å². The lowest BCUT2D eigenvalue weighted by Gasteiger charge is -2.37. The van der Waals surface area contributed by atoms with E-state index >= 15 is 0 Å². The molecule has 2 aliphatic heterocycles. The van der Waals surface area contributed by atoms with E-state index in [0.29, 0.717) is 85.5 Å². The number of sulfonamides is 1. The highest BCUT2D eigenvalue weighted by molar-refractivity contribution is 14.1. The first-order valence-corrected chi connectivity index (χ1v) is 22.3. The summed E-state index contributed by atoms with van der Waals surface area (Å²) in [5.41, 5.74) is 2.06. The van der Waals surface area contributed by atoms with Crippen LogP contribution >= 0.6 is 34.2 Å². The molecule has 0 N–H and O–H groups in total. The molecule has 1 aromatic carbocycles. The zero-order valence-electron chi connectivity index (χ0n) is 28.7. The largest absolute Gasteiger partial charge is 0.378 e. The number of amides is 1. The second-order valence-corrected chi connectivity index (χ2v) is 18.0. The van der Waals surface area contributed by atoms with Gasteiger partial charge in [0.05, 0.1) is 103 Å². The van der Waals surface area contributed by atoms with Gasteiger partial charge in [0.15, 0.2) is 9.84 Å². The highest BCUT2D eigenvalue weighted by Crippen LogP contribution is 2.48. The second-order valence-electron chi connectivity index (χ2n) is 12.3. The number of fused-ring (bicyclic) bond motifs is 3. The topological polar surface area (TPSA) is 159 Å². The summed E-state index contributed by atoms with van der Waals surface area (Å²) in [4.78, 5) is 25.1. The molecule has 1 saturated heterocycles. The minimum absolute atomic E-state index is 0.0122. The fraction of sp³-hybridized carbons (Fsp3) is 0.606. The molecule has 0 atom stereocenters. The Balaban J connectivity index is 1.19. The van der Waals surface area contributed by atoms with Gasteiger partial charge in [0.25, 0.3) is 0 Å². The van der Waals surface area contributed by atoms with Gasteiger partial charge < -0.3 is 28.4 Å². The Hall–Kier alpha value is -1.97. The lowest BCUT2D eigenvalue weighted by atomic mass is 9.74. The van der Waals surface area contributed by atoms with Crippen LogP contribution in [-0.2, 0) is 62.1 Å². The van der Waals surface area contributed by atoms with Crippen LogP contribution in [0, 0.1) is 0 Å². The van der Waals surface area contributed by atoms with E-state index in [1.165, 1.54) is 4.31 Å². The van der Waals surface area contributed by atoms with Crippen molar-refractivity contribution in [1.82, 2.24) is 18.8 Å². The maximum Gasteiger partial charge on any atom is 0.238 e. The molecule has 18 heteroatoms. The average molecular weight is 882 g/mol. The molecule has 4 heterocycles. The monoisotopic (exact) mass is 881 g/mol. The van der Waals surface area contributed by atoms with Crippen LogP contribution in [-0.4, -0.2) is 123 Å². The Morgan fingerprint density at radius 3 is 2.25 bits per heavy atom. The van der Waals surface area contributed by atoms with Crippen molar-refractivity contribution in [1.29, 1.82) is 0 Å². The summed E-state index contributed by atoms with van der Waals surface area (Å²) in [7, 11) is -6.77. The molecule has 0 bridgehead atoms. The van der Waals surface area contributed by atoms with Crippen molar-refractivity contribution in [2.75, 3.05) is 86.1 Å². The molecule has 2 aromatic heterocycles. The first-order chi connectivity index (χ1) is 24.5. The molecule has 1 spiro atoms. The molecule has 14 nitrogen and oxygen atoms in total. The van der Waals surface area contributed by atoms with Crippen molar-refractivity contribution < 1.29 is 40.6 Å². The maximum atomic E-state index is 14.3. The summed E-state index contributed by atoms with van der Waals surface area (Å²) in [6.45, 7) is 5.23. The van der Waals surface area contributed by atoms with Gasteiger partial charge in [-0.15, -0.1) is 0 Å². The lowest BCUT2D eigenvalue weighted by molar-refractivity contribution is -0.124. The van der Waals surface area contributed by atoms with E-state index in [-0.39, 0.29) is 56.0 Å². The number of alkyl halides is 1. The number of rotatable bonds is 21. The van der Waals surface area contributed by atoms with Gasteiger partial charge in [0.1, 0.15) is 5.82 Å². The number of carbonyl (C=O) groups is 1. The summed E-state index contributed by atoms with van der Waals surface area (Å²) in [6, 6.07) is 7.20. The van der Waals surface area contributed by atoms with Crippen LogP contribution in [0.3, 0.4) is 0 Å². The zero-order valence-corrected chi connectivity index (χ0v) is 33.2. The van der Waals surface area contributed by atoms with Gasteiger partial charge in [-0.1, -0.05) is 34.2 Å². The fourth-order valence-corrected chi connectivity index (χ4v) is 9.29. The second kappa shape index (κ2) is 18.4. The minimum Gasteiger partial charge on any atom is -0.378 e. The number of piperidine rings is 1. The van der Waals surface area contributed by atoms with Crippen LogP contribution in [0.15, 0.2) is 36.7 Å². The summed E-state index contributed by atoms with van der Waals surface area (Å²) in [6.07, 6.45) is 4.38. The Kier molecular flexibility index (Phi) is 14.5. The number of benzene rings is 1. The number of ether oxygens (including phenoxy) is 4. The molecule has 1 fully saturated rings. The Labute approximate surface area is 318 Å². The fourth-order valence-electron chi connectivity index (χ4n) is 6.57. The molecule has 3 aromatic rings. The van der Waals surface area contributed by atoms with Gasteiger partial charge in [-0.2, -0.15) is 0 Å². The quantitative estimate of drug-likeness (QED) is 0.0875. The van der Waals surface area contributed by atoms with E-state index in [1.54, 1.807) is 36.4 Å². The summed E-state index contributed by atoms with van der Waals surface area (Å²) >= 11 is 8.43. The summed E-state index contributed by atoms with van der Waals surface area (Å²) in [5, 5.41) is 0.511. The highest BCUT2D eigenvalue weighted by Gasteiger charge is 2.53. The molecule has 0 aliphatic carbocycles. The third-order valence-corrected chi connectivity index (χ3v) is 13.5. The Morgan fingerprint density at radius 2 is 1.59 bits per heavy atom. The Bertz CT molecular complexity index is 1850. The van der Waals surface area contributed by atoms with Gasteiger partial charge >= 0.3 is 0 Å². The van der Waals surface area contributed by atoms with Gasteiger partial charge in [-0.05, 0) is 56.0 Å². The number of halogens is 2. The first-order valence-electron chi connectivity index (χ1n) is 17.0. The maximum absolute atomic E-state index is 14.3. The van der Waals surface area contributed by atoms with E-state index in [0.717, 1.165) is 11.1 Å². The third kappa shape index (κ3) is 9.97. The van der Waals surface area contributed by atoms with Crippen LogP contribution in [0.1, 0.15) is 37.6 Å². The molecule has 1 amide bonds. The SMILES string of the molecule is CCS(=O)(=O)N1CCC2(CC1)C(=O)N(Cc1nc3cc(Cl)ccc3n1CCCS(=O)(=O)CCOCCOCCOCCOCI)c1cnccc12. The number of hydrogen-bond donors (Lipinski definition) is 0.